The van der Waals surface area contributed by atoms with Gasteiger partial charge in [-0.25, -0.2) is 0 Å². The molecule has 0 fully saturated rings. The van der Waals surface area contributed by atoms with Gasteiger partial charge in [0.2, 0.25) is 0 Å². The molecule has 2 aromatic carbocycles. The summed E-state index contributed by atoms with van der Waals surface area (Å²) in [4.78, 5) is 2.10. The number of nitriles is 1. The first-order valence-electron chi connectivity index (χ1n) is 7.10. The van der Waals surface area contributed by atoms with E-state index in [0.717, 1.165) is 6.54 Å². The van der Waals surface area contributed by atoms with Crippen molar-refractivity contribution in [1.29, 1.82) is 5.26 Å². The molecule has 2 rings (SSSR count). The molecule has 1 unspecified atom stereocenters. The number of hydrogen-bond donors (Lipinski definition) is 1. The Labute approximate surface area is 126 Å². The van der Waals surface area contributed by atoms with Gasteiger partial charge in [-0.2, -0.15) is 5.26 Å². The Morgan fingerprint density at radius 2 is 1.67 bits per heavy atom. The first-order valence-corrected chi connectivity index (χ1v) is 7.10. The van der Waals surface area contributed by atoms with Gasteiger partial charge in [0, 0.05) is 32.4 Å². The Bertz CT molecular complexity index is 606. The fourth-order valence-corrected chi connectivity index (χ4v) is 2.15. The van der Waals surface area contributed by atoms with E-state index in [4.69, 9.17) is 5.26 Å². The Hall–Kier alpha value is -2.31. The maximum atomic E-state index is 8.79. The molecular weight excluding hydrogens is 258 g/mol. The number of rotatable bonds is 5. The molecule has 108 valence electrons. The Morgan fingerprint density at radius 1 is 1.05 bits per heavy atom. The van der Waals surface area contributed by atoms with Crippen molar-refractivity contribution in [2.75, 3.05) is 19.0 Å². The SMILES string of the molecule is CC(NCc1ccc(C#N)cc1)c1ccc(N(C)C)cc1. The lowest BCUT2D eigenvalue weighted by Crippen LogP contribution is -2.18. The average Bonchev–Trinajstić information content (AvgIpc) is 2.53. The van der Waals surface area contributed by atoms with Gasteiger partial charge in [0.1, 0.15) is 0 Å². The van der Waals surface area contributed by atoms with Crippen LogP contribution in [0, 0.1) is 11.3 Å². The van der Waals surface area contributed by atoms with Crippen molar-refractivity contribution in [3.05, 3.63) is 65.2 Å². The molecule has 0 radical (unpaired) electrons. The third kappa shape index (κ3) is 4.08. The van der Waals surface area contributed by atoms with Crippen LogP contribution in [0.1, 0.15) is 29.7 Å². The van der Waals surface area contributed by atoms with Gasteiger partial charge < -0.3 is 10.2 Å². The highest BCUT2D eigenvalue weighted by Crippen LogP contribution is 2.18. The van der Waals surface area contributed by atoms with E-state index >= 15 is 0 Å². The van der Waals surface area contributed by atoms with E-state index in [1.807, 2.05) is 38.4 Å². The minimum Gasteiger partial charge on any atom is -0.378 e. The second kappa shape index (κ2) is 6.92. The lowest BCUT2D eigenvalue weighted by atomic mass is 10.1. The molecule has 0 spiro atoms. The molecule has 0 saturated heterocycles. The standard InChI is InChI=1S/C18H21N3/c1-14(17-8-10-18(11-9-17)21(2)3)20-13-16-6-4-15(12-19)5-7-16/h4-11,14,20H,13H2,1-3H3. The van der Waals surface area contributed by atoms with E-state index in [-0.39, 0.29) is 6.04 Å². The summed E-state index contributed by atoms with van der Waals surface area (Å²) in [5.74, 6) is 0. The van der Waals surface area contributed by atoms with Crippen LogP contribution in [0.5, 0.6) is 0 Å². The number of nitrogens with one attached hydrogen (secondary N) is 1. The van der Waals surface area contributed by atoms with Crippen molar-refractivity contribution in [2.45, 2.75) is 19.5 Å². The summed E-state index contributed by atoms with van der Waals surface area (Å²) in [6.07, 6.45) is 0. The van der Waals surface area contributed by atoms with E-state index in [9.17, 15) is 0 Å². The first kappa shape index (κ1) is 15.1. The molecular formula is C18H21N3. The van der Waals surface area contributed by atoms with Gasteiger partial charge in [-0.3, -0.25) is 0 Å². The Kier molecular flexibility index (Phi) is 4.97. The highest BCUT2D eigenvalue weighted by atomic mass is 15.1. The summed E-state index contributed by atoms with van der Waals surface area (Å²) < 4.78 is 0. The van der Waals surface area contributed by atoms with Crippen molar-refractivity contribution in [1.82, 2.24) is 5.32 Å². The zero-order valence-corrected chi connectivity index (χ0v) is 12.8. The molecule has 1 N–H and O–H groups in total. The maximum absolute atomic E-state index is 8.79. The molecule has 0 bridgehead atoms. The molecule has 3 nitrogen and oxygen atoms in total. The van der Waals surface area contributed by atoms with Crippen LogP contribution in [0.25, 0.3) is 0 Å². The zero-order chi connectivity index (χ0) is 15.2. The summed E-state index contributed by atoms with van der Waals surface area (Å²) in [6, 6.07) is 18.7. The van der Waals surface area contributed by atoms with Crippen LogP contribution in [0.2, 0.25) is 0 Å². The van der Waals surface area contributed by atoms with E-state index in [1.165, 1.54) is 16.8 Å². The molecule has 0 aromatic heterocycles. The van der Waals surface area contributed by atoms with E-state index in [1.54, 1.807) is 0 Å². The average molecular weight is 279 g/mol. The fraction of sp³-hybridized carbons (Fsp3) is 0.278. The van der Waals surface area contributed by atoms with Crippen molar-refractivity contribution in [2.24, 2.45) is 0 Å². The highest BCUT2D eigenvalue weighted by Gasteiger charge is 2.05. The van der Waals surface area contributed by atoms with Gasteiger partial charge in [-0.05, 0) is 42.3 Å². The van der Waals surface area contributed by atoms with Gasteiger partial charge in [-0.1, -0.05) is 24.3 Å². The quantitative estimate of drug-likeness (QED) is 0.910. The molecule has 0 amide bonds. The Balaban J connectivity index is 1.94. The molecule has 0 heterocycles. The predicted octanol–water partition coefficient (Wildman–Crippen LogP) is 3.48. The van der Waals surface area contributed by atoms with Crippen LogP contribution < -0.4 is 10.2 Å². The smallest absolute Gasteiger partial charge is 0.0991 e. The number of benzene rings is 2. The van der Waals surface area contributed by atoms with Gasteiger partial charge in [0.05, 0.1) is 11.6 Å². The van der Waals surface area contributed by atoms with Crippen LogP contribution in [-0.4, -0.2) is 14.1 Å². The summed E-state index contributed by atoms with van der Waals surface area (Å²) in [5.41, 5.74) is 4.36. The van der Waals surface area contributed by atoms with Gasteiger partial charge in [0.15, 0.2) is 0 Å². The molecule has 0 aliphatic rings. The molecule has 2 aromatic rings. The molecule has 3 heteroatoms. The summed E-state index contributed by atoms with van der Waals surface area (Å²) in [7, 11) is 4.09. The third-order valence-corrected chi connectivity index (χ3v) is 3.60. The van der Waals surface area contributed by atoms with Crippen LogP contribution in [-0.2, 0) is 6.54 Å². The van der Waals surface area contributed by atoms with E-state index < -0.39 is 0 Å². The summed E-state index contributed by atoms with van der Waals surface area (Å²) >= 11 is 0. The second-order valence-electron chi connectivity index (χ2n) is 5.40. The molecule has 21 heavy (non-hydrogen) atoms. The number of anilines is 1. The van der Waals surface area contributed by atoms with Crippen molar-refractivity contribution < 1.29 is 0 Å². The van der Waals surface area contributed by atoms with Gasteiger partial charge in [0.25, 0.3) is 0 Å². The minimum atomic E-state index is 0.289. The molecule has 0 aliphatic carbocycles. The number of hydrogen-bond acceptors (Lipinski definition) is 3. The highest BCUT2D eigenvalue weighted by molar-refractivity contribution is 5.46. The largest absolute Gasteiger partial charge is 0.378 e. The maximum Gasteiger partial charge on any atom is 0.0991 e. The lowest BCUT2D eigenvalue weighted by molar-refractivity contribution is 0.575. The Morgan fingerprint density at radius 3 is 2.19 bits per heavy atom. The van der Waals surface area contributed by atoms with Crippen LogP contribution in [0.4, 0.5) is 5.69 Å². The summed E-state index contributed by atoms with van der Waals surface area (Å²) in [6.45, 7) is 2.95. The topological polar surface area (TPSA) is 39.1 Å². The molecule has 0 aliphatic heterocycles. The van der Waals surface area contributed by atoms with Crippen molar-refractivity contribution >= 4 is 5.69 Å². The molecule has 1 atom stereocenters. The third-order valence-electron chi connectivity index (χ3n) is 3.60. The number of nitrogens with zero attached hydrogens (tertiary/aromatic N) is 2. The lowest BCUT2D eigenvalue weighted by Gasteiger charge is -2.17. The second-order valence-corrected chi connectivity index (χ2v) is 5.40. The van der Waals surface area contributed by atoms with E-state index in [0.29, 0.717) is 5.56 Å². The summed E-state index contributed by atoms with van der Waals surface area (Å²) in [5, 5.41) is 12.3. The fourth-order valence-electron chi connectivity index (χ4n) is 2.15. The van der Waals surface area contributed by atoms with Gasteiger partial charge in [-0.15, -0.1) is 0 Å². The normalized spacial score (nSPS) is 11.7. The first-order chi connectivity index (χ1) is 10.1. The van der Waals surface area contributed by atoms with E-state index in [2.05, 4.69) is 47.5 Å². The van der Waals surface area contributed by atoms with Crippen molar-refractivity contribution in [3.63, 3.8) is 0 Å². The van der Waals surface area contributed by atoms with Crippen LogP contribution in [0.15, 0.2) is 48.5 Å². The van der Waals surface area contributed by atoms with Crippen molar-refractivity contribution in [3.8, 4) is 6.07 Å². The minimum absolute atomic E-state index is 0.289. The molecule has 0 saturated carbocycles. The zero-order valence-electron chi connectivity index (χ0n) is 12.8. The van der Waals surface area contributed by atoms with Crippen LogP contribution in [0.3, 0.4) is 0 Å². The van der Waals surface area contributed by atoms with Gasteiger partial charge >= 0.3 is 0 Å². The predicted molar refractivity (Wildman–Crippen MR) is 87.2 cm³/mol. The monoisotopic (exact) mass is 279 g/mol. The van der Waals surface area contributed by atoms with Crippen LogP contribution >= 0.6 is 0 Å².